The first-order valence-electron chi connectivity index (χ1n) is 27.6. The highest BCUT2D eigenvalue weighted by Gasteiger charge is 2.27. The van der Waals surface area contributed by atoms with E-state index >= 15 is 0 Å². The second-order valence-corrected chi connectivity index (χ2v) is 21.4. The molecule has 0 fully saturated rings. The molecule has 1 unspecified atom stereocenters. The molecular formula is C55H107NO8P+. The summed E-state index contributed by atoms with van der Waals surface area (Å²) in [6.45, 7) is 4.45. The summed E-state index contributed by atoms with van der Waals surface area (Å²) in [5.74, 6) is -0.788. The van der Waals surface area contributed by atoms with Crippen LogP contribution < -0.4 is 0 Å². The lowest BCUT2D eigenvalue weighted by Crippen LogP contribution is -2.37. The van der Waals surface area contributed by atoms with Crippen LogP contribution in [0.5, 0.6) is 0 Å². The smallest absolute Gasteiger partial charge is 0.462 e. The van der Waals surface area contributed by atoms with Crippen LogP contribution in [0.2, 0.25) is 0 Å². The molecule has 0 amide bonds. The number of hydrogen-bond acceptors (Lipinski definition) is 7. The largest absolute Gasteiger partial charge is 0.472 e. The number of ether oxygens (including phenoxy) is 2. The molecule has 384 valence electrons. The first-order valence-corrected chi connectivity index (χ1v) is 29.1. The average molecular weight is 941 g/mol. The Balaban J connectivity index is 4.17. The average Bonchev–Trinajstić information content (AvgIpc) is 3.26. The van der Waals surface area contributed by atoms with E-state index in [1.54, 1.807) is 0 Å². The Morgan fingerprint density at radius 2 is 0.831 bits per heavy atom. The highest BCUT2D eigenvalue weighted by molar-refractivity contribution is 7.47. The van der Waals surface area contributed by atoms with Crippen LogP contribution >= 0.6 is 7.82 Å². The normalized spacial score (nSPS) is 13.5. The van der Waals surface area contributed by atoms with Gasteiger partial charge in [-0.2, -0.15) is 0 Å². The Morgan fingerprint density at radius 1 is 0.477 bits per heavy atom. The van der Waals surface area contributed by atoms with Crippen molar-refractivity contribution in [2.24, 2.45) is 0 Å². The fourth-order valence-electron chi connectivity index (χ4n) is 7.93. The number of carbonyl (C=O) groups is 2. The van der Waals surface area contributed by atoms with Gasteiger partial charge in [0.2, 0.25) is 0 Å². The maximum atomic E-state index is 12.8. The second-order valence-electron chi connectivity index (χ2n) is 20.0. The molecule has 0 aromatic heterocycles. The molecule has 0 aliphatic carbocycles. The van der Waals surface area contributed by atoms with E-state index in [9.17, 15) is 19.0 Å². The maximum absolute atomic E-state index is 12.8. The van der Waals surface area contributed by atoms with Crippen LogP contribution in [0, 0.1) is 0 Å². The van der Waals surface area contributed by atoms with Crippen LogP contribution in [0.1, 0.15) is 264 Å². The van der Waals surface area contributed by atoms with Gasteiger partial charge in [-0.25, -0.2) is 4.57 Å². The minimum atomic E-state index is -4.38. The van der Waals surface area contributed by atoms with E-state index in [0.717, 1.165) is 38.5 Å². The zero-order chi connectivity index (χ0) is 47.8. The van der Waals surface area contributed by atoms with Crippen molar-refractivity contribution in [3.63, 3.8) is 0 Å². The fraction of sp³-hybridized carbons (Fsp3) is 0.891. The van der Waals surface area contributed by atoms with Crippen molar-refractivity contribution < 1.29 is 42.1 Å². The SMILES string of the molecule is CCCCC/C=C/C/C=C/CCCCCCCCCCCC(=O)OC[C@H](COP(=O)(O)OCC[N+](C)(C)C)OC(=O)CCCCCCCCCCCCCCCCCCCCCCCC. The van der Waals surface area contributed by atoms with E-state index in [1.165, 1.54) is 193 Å². The molecule has 2 atom stereocenters. The molecule has 0 heterocycles. The van der Waals surface area contributed by atoms with Gasteiger partial charge in [-0.15, -0.1) is 0 Å². The molecule has 9 nitrogen and oxygen atoms in total. The second kappa shape index (κ2) is 47.6. The summed E-state index contributed by atoms with van der Waals surface area (Å²) in [7, 11) is 1.49. The van der Waals surface area contributed by atoms with E-state index < -0.39 is 26.5 Å². The van der Waals surface area contributed by atoms with Crippen molar-refractivity contribution in [2.45, 2.75) is 270 Å². The first kappa shape index (κ1) is 63.5. The summed E-state index contributed by atoms with van der Waals surface area (Å²) in [6.07, 6.45) is 55.2. The first-order chi connectivity index (χ1) is 31.5. The molecule has 0 radical (unpaired) electrons. The van der Waals surface area contributed by atoms with Crippen molar-refractivity contribution in [3.8, 4) is 0 Å². The monoisotopic (exact) mass is 941 g/mol. The Morgan fingerprint density at radius 3 is 1.25 bits per heavy atom. The number of unbranched alkanes of at least 4 members (excludes halogenated alkanes) is 33. The molecule has 65 heavy (non-hydrogen) atoms. The number of rotatable bonds is 51. The molecular weight excluding hydrogens is 834 g/mol. The van der Waals surface area contributed by atoms with E-state index in [4.69, 9.17) is 18.5 Å². The number of nitrogens with zero attached hydrogens (tertiary/aromatic N) is 1. The van der Waals surface area contributed by atoms with Gasteiger partial charge in [-0.1, -0.05) is 231 Å². The zero-order valence-electron chi connectivity index (χ0n) is 43.5. The summed E-state index contributed by atoms with van der Waals surface area (Å²) in [5, 5.41) is 0. The molecule has 0 aromatic carbocycles. The quantitative estimate of drug-likeness (QED) is 0.0211. The molecule has 0 rings (SSSR count). The van der Waals surface area contributed by atoms with Gasteiger partial charge >= 0.3 is 19.8 Å². The highest BCUT2D eigenvalue weighted by atomic mass is 31.2. The van der Waals surface area contributed by atoms with E-state index in [2.05, 4.69) is 38.2 Å². The topological polar surface area (TPSA) is 108 Å². The maximum Gasteiger partial charge on any atom is 0.472 e. The predicted molar refractivity (Wildman–Crippen MR) is 275 cm³/mol. The van der Waals surface area contributed by atoms with Gasteiger partial charge in [0.25, 0.3) is 0 Å². The van der Waals surface area contributed by atoms with Crippen LogP contribution in [0.4, 0.5) is 0 Å². The van der Waals surface area contributed by atoms with Crippen LogP contribution in [0.25, 0.3) is 0 Å². The molecule has 0 saturated heterocycles. The van der Waals surface area contributed by atoms with Gasteiger partial charge in [-0.3, -0.25) is 18.6 Å². The van der Waals surface area contributed by atoms with Crippen LogP contribution in [0.15, 0.2) is 24.3 Å². The van der Waals surface area contributed by atoms with E-state index in [0.29, 0.717) is 17.4 Å². The molecule has 0 aliphatic heterocycles. The van der Waals surface area contributed by atoms with Crippen LogP contribution in [0.3, 0.4) is 0 Å². The van der Waals surface area contributed by atoms with Gasteiger partial charge in [0.05, 0.1) is 27.7 Å². The number of hydrogen-bond donors (Lipinski definition) is 1. The van der Waals surface area contributed by atoms with Crippen molar-refractivity contribution in [3.05, 3.63) is 24.3 Å². The third-order valence-corrected chi connectivity index (χ3v) is 13.2. The van der Waals surface area contributed by atoms with Crippen LogP contribution in [-0.4, -0.2) is 74.9 Å². The molecule has 0 aliphatic rings. The summed E-state index contributed by atoms with van der Waals surface area (Å²) in [6, 6.07) is 0. The number of quaternary nitrogens is 1. The standard InChI is InChI=1S/C55H106NO8P/c1-6-8-10-12-14-16-18-20-22-24-26-27-28-30-32-34-36-38-40-42-44-46-48-55(58)64-53(52-63-65(59,60)62-50-49-56(3,4)5)51-61-54(57)47-45-43-41-39-37-35-33-31-29-25-23-21-19-17-15-13-11-9-7-2/h15,17,21,23,53H,6-14,16,18-20,22,24-52H2,1-5H3/p+1/b17-15+,23-21+/t53-/m1/s1. The fourth-order valence-corrected chi connectivity index (χ4v) is 8.67. The van der Waals surface area contributed by atoms with Crippen molar-refractivity contribution >= 4 is 19.8 Å². The number of carbonyl (C=O) groups excluding carboxylic acids is 2. The number of esters is 2. The Bertz CT molecular complexity index is 1150. The van der Waals surface area contributed by atoms with Gasteiger partial charge in [0.1, 0.15) is 19.8 Å². The molecule has 10 heteroatoms. The summed E-state index contributed by atoms with van der Waals surface area (Å²) < 4.78 is 34.5. The molecule has 0 saturated carbocycles. The lowest BCUT2D eigenvalue weighted by molar-refractivity contribution is -0.870. The van der Waals surface area contributed by atoms with E-state index in [1.807, 2.05) is 21.1 Å². The van der Waals surface area contributed by atoms with Crippen molar-refractivity contribution in [1.82, 2.24) is 0 Å². The lowest BCUT2D eigenvalue weighted by Gasteiger charge is -2.24. The van der Waals surface area contributed by atoms with Crippen LogP contribution in [-0.2, 0) is 32.7 Å². The summed E-state index contributed by atoms with van der Waals surface area (Å²) in [4.78, 5) is 35.6. The Labute approximate surface area is 402 Å². The summed E-state index contributed by atoms with van der Waals surface area (Å²) >= 11 is 0. The predicted octanol–water partition coefficient (Wildman–Crippen LogP) is 16.6. The number of allylic oxidation sites excluding steroid dienone is 4. The molecule has 0 spiro atoms. The molecule has 1 N–H and O–H groups in total. The Kier molecular flexibility index (Phi) is 46.4. The minimum absolute atomic E-state index is 0.0335. The van der Waals surface area contributed by atoms with Gasteiger partial charge < -0.3 is 18.9 Å². The van der Waals surface area contributed by atoms with Gasteiger partial charge in [-0.05, 0) is 44.9 Å². The number of phosphoric ester groups is 1. The molecule has 0 bridgehead atoms. The zero-order valence-corrected chi connectivity index (χ0v) is 44.4. The van der Waals surface area contributed by atoms with Gasteiger partial charge in [0, 0.05) is 12.8 Å². The number of phosphoric acid groups is 1. The van der Waals surface area contributed by atoms with Gasteiger partial charge in [0.15, 0.2) is 6.10 Å². The third-order valence-electron chi connectivity index (χ3n) is 12.2. The van der Waals surface area contributed by atoms with Crippen molar-refractivity contribution in [1.29, 1.82) is 0 Å². The highest BCUT2D eigenvalue weighted by Crippen LogP contribution is 2.43. The lowest BCUT2D eigenvalue weighted by atomic mass is 10.0. The minimum Gasteiger partial charge on any atom is -0.462 e. The third kappa shape index (κ3) is 51.7. The number of likely N-dealkylation sites (N-methyl/N-ethyl adjacent to an activating group) is 1. The summed E-state index contributed by atoms with van der Waals surface area (Å²) in [5.41, 5.74) is 0. The van der Waals surface area contributed by atoms with Crippen molar-refractivity contribution in [2.75, 3.05) is 47.5 Å². The van der Waals surface area contributed by atoms with E-state index in [-0.39, 0.29) is 32.0 Å². The Hall–Kier alpha value is -1.51. The molecule has 0 aromatic rings.